The number of nitrogens with one attached hydrogen (secondary N) is 1. The third-order valence-electron chi connectivity index (χ3n) is 6.27. The Labute approximate surface area is 202 Å². The molecule has 0 saturated carbocycles. The highest BCUT2D eigenvalue weighted by atomic mass is 32.1. The first-order valence-corrected chi connectivity index (χ1v) is 12.4. The third kappa shape index (κ3) is 5.11. The number of carbonyl (C=O) groups is 1. The van der Waals surface area contributed by atoms with Crippen LogP contribution in [0.5, 0.6) is 0 Å². The number of halogens is 1. The van der Waals surface area contributed by atoms with Crippen LogP contribution in [0.1, 0.15) is 28.1 Å². The van der Waals surface area contributed by atoms with Crippen molar-refractivity contribution in [3.63, 3.8) is 0 Å². The summed E-state index contributed by atoms with van der Waals surface area (Å²) in [4.78, 5) is 21.2. The molecule has 1 saturated heterocycles. The Kier molecular flexibility index (Phi) is 6.83. The highest BCUT2D eigenvalue weighted by Crippen LogP contribution is 2.29. The number of carbonyl (C=O) groups excluding carboxylic acids is 1. The number of aromatic nitrogens is 1. The van der Waals surface area contributed by atoms with Crippen LogP contribution >= 0.6 is 11.3 Å². The smallest absolute Gasteiger partial charge is 0.252 e. The Bertz CT molecular complexity index is 1250. The summed E-state index contributed by atoms with van der Waals surface area (Å²) in [6, 6.07) is 17.9. The Morgan fingerprint density at radius 2 is 1.82 bits per heavy atom. The van der Waals surface area contributed by atoms with Crippen molar-refractivity contribution in [3.8, 4) is 22.8 Å². The number of oxazole rings is 1. The molecule has 1 aliphatic rings. The molecule has 0 bridgehead atoms. The number of nitrogens with zero attached hydrogens (tertiary/aromatic N) is 2. The van der Waals surface area contributed by atoms with E-state index in [2.05, 4.69) is 32.7 Å². The Morgan fingerprint density at radius 1 is 1.06 bits per heavy atom. The molecule has 4 aromatic rings. The summed E-state index contributed by atoms with van der Waals surface area (Å²) in [5.41, 5.74) is 1.43. The summed E-state index contributed by atoms with van der Waals surface area (Å²) in [6.45, 7) is 3.75. The maximum Gasteiger partial charge on any atom is 0.252 e. The van der Waals surface area contributed by atoms with Gasteiger partial charge in [-0.3, -0.25) is 9.69 Å². The van der Waals surface area contributed by atoms with E-state index in [0.29, 0.717) is 40.8 Å². The molecule has 2 aromatic carbocycles. The number of thiophene rings is 1. The monoisotopic (exact) mass is 475 g/mol. The van der Waals surface area contributed by atoms with Crippen LogP contribution in [0, 0.1) is 11.7 Å². The second-order valence-electron chi connectivity index (χ2n) is 8.56. The molecule has 5 nitrogen and oxygen atoms in total. The molecule has 1 N–H and O–H groups in total. The van der Waals surface area contributed by atoms with Crippen LogP contribution in [0.25, 0.3) is 22.8 Å². The lowest BCUT2D eigenvalue weighted by Crippen LogP contribution is -2.38. The van der Waals surface area contributed by atoms with Gasteiger partial charge in [0.25, 0.3) is 5.91 Å². The van der Waals surface area contributed by atoms with Gasteiger partial charge in [-0.05, 0) is 67.6 Å². The van der Waals surface area contributed by atoms with Crippen LogP contribution in [-0.2, 0) is 6.54 Å². The highest BCUT2D eigenvalue weighted by Gasteiger charge is 2.22. The van der Waals surface area contributed by atoms with Gasteiger partial charge in [0.05, 0.1) is 17.3 Å². The minimum absolute atomic E-state index is 0.151. The molecule has 0 unspecified atom stereocenters. The Hall–Kier alpha value is -3.29. The number of likely N-dealkylation sites (tertiary alicyclic amines) is 1. The average Bonchev–Trinajstić information content (AvgIpc) is 3.56. The molecule has 2 aromatic heterocycles. The van der Waals surface area contributed by atoms with E-state index in [1.165, 1.54) is 17.1 Å². The first kappa shape index (κ1) is 22.5. The fraction of sp³-hybridized carbons (Fsp3) is 0.259. The molecule has 1 amide bonds. The van der Waals surface area contributed by atoms with Crippen molar-refractivity contribution in [1.29, 1.82) is 0 Å². The maximum absolute atomic E-state index is 14.1. The number of rotatable bonds is 7. The van der Waals surface area contributed by atoms with Gasteiger partial charge in [-0.1, -0.05) is 30.3 Å². The van der Waals surface area contributed by atoms with Gasteiger partial charge in [0, 0.05) is 23.5 Å². The van der Waals surface area contributed by atoms with Crippen LogP contribution < -0.4 is 5.32 Å². The molecule has 1 aliphatic heterocycles. The van der Waals surface area contributed by atoms with Crippen molar-refractivity contribution in [1.82, 2.24) is 15.2 Å². The van der Waals surface area contributed by atoms with Crippen molar-refractivity contribution < 1.29 is 13.6 Å². The van der Waals surface area contributed by atoms with E-state index >= 15 is 0 Å². The number of amides is 1. The van der Waals surface area contributed by atoms with Crippen molar-refractivity contribution in [2.75, 3.05) is 19.6 Å². The molecule has 5 rings (SSSR count). The number of piperidine rings is 1. The number of benzene rings is 2. The fourth-order valence-electron chi connectivity index (χ4n) is 4.36. The summed E-state index contributed by atoms with van der Waals surface area (Å²) in [5, 5.41) is 5.22. The molecule has 0 spiro atoms. The largest absolute Gasteiger partial charge is 0.436 e. The summed E-state index contributed by atoms with van der Waals surface area (Å²) in [7, 11) is 0. The van der Waals surface area contributed by atoms with Gasteiger partial charge in [-0.15, -0.1) is 11.3 Å². The summed E-state index contributed by atoms with van der Waals surface area (Å²) in [6.07, 6.45) is 3.63. The van der Waals surface area contributed by atoms with Gasteiger partial charge >= 0.3 is 0 Å². The van der Waals surface area contributed by atoms with Crippen LogP contribution in [0.3, 0.4) is 0 Å². The minimum Gasteiger partial charge on any atom is -0.436 e. The molecule has 34 heavy (non-hydrogen) atoms. The van der Waals surface area contributed by atoms with E-state index in [0.717, 1.165) is 32.5 Å². The van der Waals surface area contributed by atoms with Crippen LogP contribution in [0.2, 0.25) is 0 Å². The van der Waals surface area contributed by atoms with Gasteiger partial charge in [0.2, 0.25) is 5.89 Å². The van der Waals surface area contributed by atoms with Gasteiger partial charge in [-0.25, -0.2) is 9.37 Å². The Balaban J connectivity index is 1.21. The van der Waals surface area contributed by atoms with Crippen LogP contribution in [0.15, 0.2) is 76.7 Å². The first-order valence-electron chi connectivity index (χ1n) is 11.5. The minimum atomic E-state index is -0.377. The summed E-state index contributed by atoms with van der Waals surface area (Å²) >= 11 is 1.80. The quantitative estimate of drug-likeness (QED) is 0.364. The molecule has 0 aliphatic carbocycles. The zero-order chi connectivity index (χ0) is 23.3. The topological polar surface area (TPSA) is 58.4 Å². The zero-order valence-electron chi connectivity index (χ0n) is 18.7. The predicted molar refractivity (Wildman–Crippen MR) is 132 cm³/mol. The van der Waals surface area contributed by atoms with Gasteiger partial charge in [0.1, 0.15) is 5.82 Å². The lowest BCUT2D eigenvalue weighted by atomic mass is 9.96. The molecule has 3 heterocycles. The van der Waals surface area contributed by atoms with Crippen molar-refractivity contribution >= 4 is 17.2 Å². The highest BCUT2D eigenvalue weighted by molar-refractivity contribution is 7.09. The van der Waals surface area contributed by atoms with E-state index in [1.807, 2.05) is 12.1 Å². The van der Waals surface area contributed by atoms with Gasteiger partial charge in [0.15, 0.2) is 5.76 Å². The summed E-state index contributed by atoms with van der Waals surface area (Å²) in [5.74, 6) is 0.563. The van der Waals surface area contributed by atoms with Gasteiger partial charge in [-0.2, -0.15) is 0 Å². The molecule has 0 atom stereocenters. The average molecular weight is 476 g/mol. The fourth-order valence-corrected chi connectivity index (χ4v) is 5.10. The lowest BCUT2D eigenvalue weighted by molar-refractivity contribution is 0.0935. The molecule has 174 valence electrons. The van der Waals surface area contributed by atoms with Crippen molar-refractivity contribution in [2.45, 2.75) is 19.4 Å². The SMILES string of the molecule is O=C(NCC1CCN(Cc2cccs2)CC1)c1ccccc1-c1ncc(-c2ccccc2F)o1. The van der Waals surface area contributed by atoms with Crippen molar-refractivity contribution in [3.05, 3.63) is 88.5 Å². The second kappa shape index (κ2) is 10.3. The third-order valence-corrected chi connectivity index (χ3v) is 7.13. The zero-order valence-corrected chi connectivity index (χ0v) is 19.6. The predicted octanol–water partition coefficient (Wildman–Crippen LogP) is 5.85. The molecule has 1 fully saturated rings. The molecule has 0 radical (unpaired) electrons. The van der Waals surface area contributed by atoms with E-state index in [-0.39, 0.29) is 11.7 Å². The van der Waals surface area contributed by atoms with E-state index < -0.39 is 0 Å². The number of hydrogen-bond acceptors (Lipinski definition) is 5. The van der Waals surface area contributed by atoms with Crippen molar-refractivity contribution in [2.24, 2.45) is 5.92 Å². The molecular formula is C27H26FN3O2S. The molecular weight excluding hydrogens is 449 g/mol. The van der Waals surface area contributed by atoms with Gasteiger partial charge < -0.3 is 9.73 Å². The normalized spacial score (nSPS) is 14.9. The van der Waals surface area contributed by atoms with E-state index in [4.69, 9.17) is 4.42 Å². The maximum atomic E-state index is 14.1. The Morgan fingerprint density at radius 3 is 2.59 bits per heavy atom. The molecule has 7 heteroatoms. The van der Waals surface area contributed by atoms with Crippen LogP contribution in [0.4, 0.5) is 4.39 Å². The number of hydrogen-bond donors (Lipinski definition) is 1. The van der Waals surface area contributed by atoms with E-state index in [9.17, 15) is 9.18 Å². The summed E-state index contributed by atoms with van der Waals surface area (Å²) < 4.78 is 20.0. The lowest BCUT2D eigenvalue weighted by Gasteiger charge is -2.31. The first-order chi connectivity index (χ1) is 16.7. The van der Waals surface area contributed by atoms with E-state index in [1.54, 1.807) is 41.7 Å². The van der Waals surface area contributed by atoms with Crippen LogP contribution in [-0.4, -0.2) is 35.4 Å². The second-order valence-corrected chi connectivity index (χ2v) is 9.60. The standard InChI is InChI=1S/C27H26FN3O2S/c28-24-10-4-3-9-23(24)25-17-30-27(33-25)22-8-2-1-7-21(22)26(32)29-16-19-11-13-31(14-12-19)18-20-6-5-15-34-20/h1-10,15,17,19H,11-14,16,18H2,(H,29,32).